The van der Waals surface area contributed by atoms with Crippen molar-refractivity contribution in [2.24, 2.45) is 5.92 Å². The smallest absolute Gasteiger partial charge is 0.323 e. The molecule has 2 heterocycles. The van der Waals surface area contributed by atoms with E-state index in [0.717, 1.165) is 6.07 Å². The van der Waals surface area contributed by atoms with Crippen molar-refractivity contribution in [1.82, 2.24) is 19.6 Å². The van der Waals surface area contributed by atoms with Gasteiger partial charge in [0, 0.05) is 11.9 Å². The normalized spacial score (nSPS) is 12.8. The van der Waals surface area contributed by atoms with E-state index in [9.17, 15) is 22.4 Å². The quantitative estimate of drug-likeness (QED) is 0.629. The van der Waals surface area contributed by atoms with Crippen molar-refractivity contribution in [3.63, 3.8) is 0 Å². The number of aromatic nitrogens is 4. The lowest BCUT2D eigenvalue weighted by atomic mass is 10.1. The number of hydrogen-bond acceptors (Lipinski definition) is 3. The minimum Gasteiger partial charge on any atom is -0.323 e. The Morgan fingerprint density at radius 1 is 1.28 bits per heavy atom. The Morgan fingerprint density at radius 2 is 2.03 bits per heavy atom. The van der Waals surface area contributed by atoms with E-state index in [2.05, 4.69) is 15.5 Å². The zero-order valence-corrected chi connectivity index (χ0v) is 15.7. The van der Waals surface area contributed by atoms with Gasteiger partial charge in [0.1, 0.15) is 5.82 Å². The number of nitrogens with zero attached hydrogens (tertiary/aromatic N) is 4. The van der Waals surface area contributed by atoms with Gasteiger partial charge in [0.25, 0.3) is 0 Å². The van der Waals surface area contributed by atoms with Crippen LogP contribution in [0.5, 0.6) is 0 Å². The lowest BCUT2D eigenvalue weighted by Crippen LogP contribution is -2.25. The van der Waals surface area contributed by atoms with Gasteiger partial charge in [-0.1, -0.05) is 19.1 Å². The molecule has 10 heteroatoms. The molecule has 0 aliphatic heterocycles. The van der Waals surface area contributed by atoms with Gasteiger partial charge in [-0.25, -0.2) is 4.39 Å². The van der Waals surface area contributed by atoms with Crippen LogP contribution >= 0.6 is 0 Å². The van der Waals surface area contributed by atoms with Gasteiger partial charge < -0.3 is 5.32 Å². The van der Waals surface area contributed by atoms with Gasteiger partial charge in [0.05, 0.1) is 30.9 Å². The SMILES string of the molecule is Cc1cc(C(F)(F)F)nn1CC(C)C(=O)Nc1cnn(Cc2cccc(F)c2)c1. The van der Waals surface area contributed by atoms with E-state index in [1.54, 1.807) is 29.9 Å². The predicted octanol–water partition coefficient (Wildman–Crippen LogP) is 3.87. The van der Waals surface area contributed by atoms with E-state index < -0.39 is 17.8 Å². The van der Waals surface area contributed by atoms with Gasteiger partial charge in [-0.15, -0.1) is 0 Å². The van der Waals surface area contributed by atoms with Crippen LogP contribution in [0.3, 0.4) is 0 Å². The minimum absolute atomic E-state index is 0.00513. The first-order valence-corrected chi connectivity index (χ1v) is 8.81. The summed E-state index contributed by atoms with van der Waals surface area (Å²) in [4.78, 5) is 12.4. The first-order valence-electron chi connectivity index (χ1n) is 8.81. The predicted molar refractivity (Wildman–Crippen MR) is 97.5 cm³/mol. The number of aryl methyl sites for hydroxylation is 1. The summed E-state index contributed by atoms with van der Waals surface area (Å²) in [6.07, 6.45) is -1.49. The van der Waals surface area contributed by atoms with Crippen molar-refractivity contribution in [3.8, 4) is 0 Å². The summed E-state index contributed by atoms with van der Waals surface area (Å²) in [5.41, 5.74) is 0.488. The number of rotatable bonds is 6. The van der Waals surface area contributed by atoms with Crippen molar-refractivity contribution in [3.05, 3.63) is 65.5 Å². The first-order chi connectivity index (χ1) is 13.6. The second-order valence-corrected chi connectivity index (χ2v) is 6.80. The Kier molecular flexibility index (Phi) is 5.71. The topological polar surface area (TPSA) is 64.7 Å². The van der Waals surface area contributed by atoms with Gasteiger partial charge >= 0.3 is 6.18 Å². The number of nitrogens with one attached hydrogen (secondary N) is 1. The number of halogens is 4. The number of amides is 1. The summed E-state index contributed by atoms with van der Waals surface area (Å²) in [5, 5.41) is 10.3. The molecular weight excluding hydrogens is 390 g/mol. The van der Waals surface area contributed by atoms with Crippen LogP contribution in [0.25, 0.3) is 0 Å². The molecule has 1 atom stereocenters. The Morgan fingerprint density at radius 3 is 2.69 bits per heavy atom. The molecule has 0 saturated heterocycles. The molecule has 1 N–H and O–H groups in total. The summed E-state index contributed by atoms with van der Waals surface area (Å²) in [5.74, 6) is -1.35. The third kappa shape index (κ3) is 5.21. The van der Waals surface area contributed by atoms with Crippen LogP contribution in [0.2, 0.25) is 0 Å². The van der Waals surface area contributed by atoms with E-state index in [-0.39, 0.29) is 18.3 Å². The molecule has 0 aliphatic rings. The first kappa shape index (κ1) is 20.6. The van der Waals surface area contributed by atoms with E-state index in [0.29, 0.717) is 23.5 Å². The second-order valence-electron chi connectivity index (χ2n) is 6.80. The molecule has 29 heavy (non-hydrogen) atoms. The van der Waals surface area contributed by atoms with Gasteiger partial charge in [0.2, 0.25) is 5.91 Å². The zero-order chi connectivity index (χ0) is 21.2. The molecule has 0 saturated carbocycles. The monoisotopic (exact) mass is 409 g/mol. The molecule has 6 nitrogen and oxygen atoms in total. The molecule has 3 rings (SSSR count). The maximum Gasteiger partial charge on any atom is 0.435 e. The highest BCUT2D eigenvalue weighted by atomic mass is 19.4. The summed E-state index contributed by atoms with van der Waals surface area (Å²) < 4.78 is 54.2. The molecule has 1 unspecified atom stereocenters. The molecule has 2 aromatic heterocycles. The summed E-state index contributed by atoms with van der Waals surface area (Å²) in [6, 6.07) is 7.04. The maximum absolute atomic E-state index is 13.3. The molecular formula is C19H19F4N5O. The van der Waals surface area contributed by atoms with E-state index >= 15 is 0 Å². The molecule has 1 aromatic carbocycles. The standard InChI is InChI=1S/C19H19F4N5O/c1-12(9-28-13(2)6-17(26-28)19(21,22)23)18(29)25-16-8-24-27(11-16)10-14-4-3-5-15(20)7-14/h3-8,11-12H,9-10H2,1-2H3,(H,25,29). The van der Waals surface area contributed by atoms with Crippen LogP contribution in [0, 0.1) is 18.7 Å². The van der Waals surface area contributed by atoms with Gasteiger partial charge in [-0.05, 0) is 30.7 Å². The number of alkyl halides is 3. The Labute approximate surface area is 164 Å². The molecule has 154 valence electrons. The molecule has 0 fully saturated rings. The summed E-state index contributed by atoms with van der Waals surface area (Å²) in [7, 11) is 0. The van der Waals surface area contributed by atoms with Gasteiger partial charge in [-0.2, -0.15) is 23.4 Å². The van der Waals surface area contributed by atoms with Gasteiger partial charge in [0.15, 0.2) is 5.69 Å². The second kappa shape index (κ2) is 8.06. The van der Waals surface area contributed by atoms with E-state index in [1.807, 2.05) is 0 Å². The lowest BCUT2D eigenvalue weighted by Gasteiger charge is -2.12. The minimum atomic E-state index is -4.53. The third-order valence-electron chi connectivity index (χ3n) is 4.30. The van der Waals surface area contributed by atoms with Crippen molar-refractivity contribution < 1.29 is 22.4 Å². The van der Waals surface area contributed by atoms with Crippen molar-refractivity contribution in [1.29, 1.82) is 0 Å². The Balaban J connectivity index is 1.60. The highest BCUT2D eigenvalue weighted by Crippen LogP contribution is 2.28. The van der Waals surface area contributed by atoms with Crippen LogP contribution in [0.4, 0.5) is 23.2 Å². The largest absolute Gasteiger partial charge is 0.435 e. The number of hydrogen-bond donors (Lipinski definition) is 1. The van der Waals surface area contributed by atoms with Crippen molar-refractivity contribution in [2.45, 2.75) is 33.1 Å². The zero-order valence-electron chi connectivity index (χ0n) is 15.7. The third-order valence-corrected chi connectivity index (χ3v) is 4.30. The van der Waals surface area contributed by atoms with Crippen LogP contribution in [-0.4, -0.2) is 25.5 Å². The molecule has 0 radical (unpaired) electrons. The van der Waals surface area contributed by atoms with Crippen LogP contribution in [0.15, 0.2) is 42.7 Å². The number of benzene rings is 1. The fourth-order valence-electron chi connectivity index (χ4n) is 2.78. The van der Waals surface area contributed by atoms with Crippen LogP contribution in [-0.2, 0) is 24.1 Å². The van der Waals surface area contributed by atoms with Crippen LogP contribution in [0.1, 0.15) is 23.9 Å². The number of carbonyl (C=O) groups excluding carboxylic acids is 1. The lowest BCUT2D eigenvalue weighted by molar-refractivity contribution is -0.141. The van der Waals surface area contributed by atoms with E-state index in [1.165, 1.54) is 29.9 Å². The molecule has 0 spiro atoms. The Hall–Kier alpha value is -3.17. The number of carbonyl (C=O) groups is 1. The Bertz CT molecular complexity index is 1010. The maximum atomic E-state index is 13.3. The highest BCUT2D eigenvalue weighted by molar-refractivity contribution is 5.91. The molecule has 0 aliphatic carbocycles. The van der Waals surface area contributed by atoms with Crippen molar-refractivity contribution >= 4 is 11.6 Å². The van der Waals surface area contributed by atoms with Gasteiger partial charge in [-0.3, -0.25) is 14.2 Å². The fourth-order valence-corrected chi connectivity index (χ4v) is 2.78. The molecule has 1 amide bonds. The van der Waals surface area contributed by atoms with Crippen LogP contribution < -0.4 is 5.32 Å². The fraction of sp³-hybridized carbons (Fsp3) is 0.316. The average Bonchev–Trinajstić information content (AvgIpc) is 3.21. The number of anilines is 1. The van der Waals surface area contributed by atoms with E-state index in [4.69, 9.17) is 0 Å². The summed E-state index contributed by atoms with van der Waals surface area (Å²) in [6.45, 7) is 3.44. The molecule has 0 bridgehead atoms. The average molecular weight is 409 g/mol. The van der Waals surface area contributed by atoms with Crippen molar-refractivity contribution in [2.75, 3.05) is 5.32 Å². The summed E-state index contributed by atoms with van der Waals surface area (Å²) >= 11 is 0. The molecule has 3 aromatic rings. The highest BCUT2D eigenvalue weighted by Gasteiger charge is 2.34.